The third-order valence-electron chi connectivity index (χ3n) is 2.07. The molecule has 0 aliphatic rings. The number of hydrogen-bond acceptors (Lipinski definition) is 4. The normalized spacial score (nSPS) is 10.7. The van der Waals surface area contributed by atoms with Gasteiger partial charge in [0, 0.05) is 9.85 Å². The molecule has 0 bridgehead atoms. The van der Waals surface area contributed by atoms with Crippen LogP contribution in [-0.2, 0) is 6.42 Å². The quantitative estimate of drug-likeness (QED) is 0.881. The van der Waals surface area contributed by atoms with E-state index >= 15 is 0 Å². The highest BCUT2D eigenvalue weighted by Gasteiger charge is 2.11. The van der Waals surface area contributed by atoms with Crippen molar-refractivity contribution in [1.29, 1.82) is 0 Å². The molecule has 0 spiro atoms. The fourth-order valence-corrected chi connectivity index (χ4v) is 3.11. The number of aryl methyl sites for hydroxylation is 1. The van der Waals surface area contributed by atoms with Gasteiger partial charge in [0.2, 0.25) is 0 Å². The number of anilines is 1. The first-order valence-electron chi connectivity index (χ1n) is 4.68. The van der Waals surface area contributed by atoms with E-state index in [0.717, 1.165) is 25.9 Å². The summed E-state index contributed by atoms with van der Waals surface area (Å²) in [5.41, 5.74) is 6.77. The standard InChI is InChI=1S/C10H9Br2N3S/c1-2-6-8(12)9(13)15-10(14-6)7-3-5(11)4-16-7/h3-4H,2H2,1H3,(H2,13,14,15). The Hall–Kier alpha value is -0.460. The molecule has 2 rings (SSSR count). The minimum absolute atomic E-state index is 0.492. The largest absolute Gasteiger partial charge is 0.383 e. The van der Waals surface area contributed by atoms with Crippen LogP contribution in [0.5, 0.6) is 0 Å². The molecular weight excluding hydrogens is 354 g/mol. The van der Waals surface area contributed by atoms with Crippen molar-refractivity contribution in [2.24, 2.45) is 0 Å². The predicted molar refractivity (Wildman–Crippen MR) is 74.5 cm³/mol. The Balaban J connectivity index is 2.54. The molecule has 3 nitrogen and oxygen atoms in total. The van der Waals surface area contributed by atoms with E-state index in [1.807, 2.05) is 18.4 Å². The van der Waals surface area contributed by atoms with E-state index in [2.05, 4.69) is 41.8 Å². The molecule has 2 heterocycles. The lowest BCUT2D eigenvalue weighted by Gasteiger charge is -2.05. The maximum Gasteiger partial charge on any atom is 0.171 e. The summed E-state index contributed by atoms with van der Waals surface area (Å²) in [4.78, 5) is 9.78. The van der Waals surface area contributed by atoms with Crippen LogP contribution in [0.1, 0.15) is 12.6 Å². The second-order valence-corrected chi connectivity index (χ2v) is 5.80. The van der Waals surface area contributed by atoms with Crippen LogP contribution in [0.25, 0.3) is 10.7 Å². The molecule has 0 aliphatic heterocycles. The second kappa shape index (κ2) is 4.81. The molecule has 2 N–H and O–H groups in total. The molecule has 0 unspecified atom stereocenters. The highest BCUT2D eigenvalue weighted by Crippen LogP contribution is 2.30. The van der Waals surface area contributed by atoms with Gasteiger partial charge in [0.15, 0.2) is 5.82 Å². The van der Waals surface area contributed by atoms with Crippen molar-refractivity contribution in [3.8, 4) is 10.7 Å². The number of nitrogens with two attached hydrogens (primary N) is 1. The molecule has 16 heavy (non-hydrogen) atoms. The van der Waals surface area contributed by atoms with E-state index in [1.54, 1.807) is 11.3 Å². The Bertz CT molecular complexity index is 525. The van der Waals surface area contributed by atoms with Crippen molar-refractivity contribution >= 4 is 49.0 Å². The Morgan fingerprint density at radius 2 is 2.12 bits per heavy atom. The van der Waals surface area contributed by atoms with E-state index in [-0.39, 0.29) is 0 Å². The van der Waals surface area contributed by atoms with E-state index in [1.165, 1.54) is 0 Å². The van der Waals surface area contributed by atoms with E-state index < -0.39 is 0 Å². The van der Waals surface area contributed by atoms with Crippen LogP contribution in [0, 0.1) is 0 Å². The Morgan fingerprint density at radius 1 is 1.38 bits per heavy atom. The molecule has 6 heteroatoms. The van der Waals surface area contributed by atoms with Gasteiger partial charge in [-0.05, 0) is 44.3 Å². The smallest absolute Gasteiger partial charge is 0.171 e. The van der Waals surface area contributed by atoms with Crippen LogP contribution in [0.2, 0.25) is 0 Å². The summed E-state index contributed by atoms with van der Waals surface area (Å²) in [6.45, 7) is 2.04. The van der Waals surface area contributed by atoms with E-state index in [9.17, 15) is 0 Å². The van der Waals surface area contributed by atoms with Gasteiger partial charge in [-0.1, -0.05) is 6.92 Å². The minimum Gasteiger partial charge on any atom is -0.383 e. The molecule has 2 aromatic rings. The fraction of sp³-hybridized carbons (Fsp3) is 0.200. The van der Waals surface area contributed by atoms with Gasteiger partial charge < -0.3 is 5.73 Å². The lowest BCUT2D eigenvalue weighted by molar-refractivity contribution is 0.998. The van der Waals surface area contributed by atoms with Gasteiger partial charge in [-0.2, -0.15) is 0 Å². The maximum atomic E-state index is 5.84. The van der Waals surface area contributed by atoms with Gasteiger partial charge in [0.25, 0.3) is 0 Å². The first-order valence-corrected chi connectivity index (χ1v) is 7.14. The summed E-state index contributed by atoms with van der Waals surface area (Å²) in [7, 11) is 0. The predicted octanol–water partition coefficient (Wildman–Crippen LogP) is 3.87. The highest BCUT2D eigenvalue weighted by molar-refractivity contribution is 9.11. The number of thiophene rings is 1. The SMILES string of the molecule is CCc1nc(-c2cc(Br)cs2)nc(N)c1Br. The molecule has 0 aromatic carbocycles. The number of nitrogen functional groups attached to an aromatic ring is 1. The maximum absolute atomic E-state index is 5.84. The molecule has 0 aliphatic carbocycles. The van der Waals surface area contributed by atoms with Gasteiger partial charge in [-0.25, -0.2) is 9.97 Å². The zero-order valence-electron chi connectivity index (χ0n) is 8.50. The summed E-state index contributed by atoms with van der Waals surface area (Å²) >= 11 is 8.40. The van der Waals surface area contributed by atoms with Gasteiger partial charge >= 0.3 is 0 Å². The van der Waals surface area contributed by atoms with Gasteiger partial charge in [-0.3, -0.25) is 0 Å². The monoisotopic (exact) mass is 361 g/mol. The number of aromatic nitrogens is 2. The van der Waals surface area contributed by atoms with E-state index in [4.69, 9.17) is 5.73 Å². The van der Waals surface area contributed by atoms with Crippen LogP contribution in [0.3, 0.4) is 0 Å². The van der Waals surface area contributed by atoms with E-state index in [0.29, 0.717) is 11.6 Å². The zero-order valence-corrected chi connectivity index (χ0v) is 12.5. The first kappa shape index (κ1) is 12.0. The number of halogens is 2. The summed E-state index contributed by atoms with van der Waals surface area (Å²) in [6.07, 6.45) is 0.826. The third kappa shape index (κ3) is 2.28. The lowest BCUT2D eigenvalue weighted by atomic mass is 10.3. The Kier molecular flexibility index (Phi) is 3.61. The highest BCUT2D eigenvalue weighted by atomic mass is 79.9. The number of hydrogen-bond donors (Lipinski definition) is 1. The summed E-state index contributed by atoms with van der Waals surface area (Å²) < 4.78 is 1.84. The lowest BCUT2D eigenvalue weighted by Crippen LogP contribution is -2.01. The van der Waals surface area contributed by atoms with Crippen molar-refractivity contribution in [3.63, 3.8) is 0 Å². The molecular formula is C10H9Br2N3S. The molecule has 0 saturated carbocycles. The van der Waals surface area contributed by atoms with Crippen LogP contribution in [0.4, 0.5) is 5.82 Å². The Labute approximate surface area is 114 Å². The Morgan fingerprint density at radius 3 is 2.69 bits per heavy atom. The van der Waals surface area contributed by atoms with Crippen molar-refractivity contribution in [1.82, 2.24) is 9.97 Å². The second-order valence-electron chi connectivity index (χ2n) is 3.18. The summed E-state index contributed by atoms with van der Waals surface area (Å²) in [6, 6.07) is 1.99. The summed E-state index contributed by atoms with van der Waals surface area (Å²) in [5, 5.41) is 2.00. The van der Waals surface area contributed by atoms with Crippen molar-refractivity contribution in [3.05, 3.63) is 26.1 Å². The van der Waals surface area contributed by atoms with Crippen molar-refractivity contribution in [2.45, 2.75) is 13.3 Å². The number of nitrogens with zero attached hydrogens (tertiary/aromatic N) is 2. The summed E-state index contributed by atoms with van der Waals surface area (Å²) in [5.74, 6) is 1.18. The molecule has 2 aromatic heterocycles. The average molecular weight is 363 g/mol. The van der Waals surface area contributed by atoms with Crippen LogP contribution < -0.4 is 5.73 Å². The number of rotatable bonds is 2. The van der Waals surface area contributed by atoms with Gasteiger partial charge in [-0.15, -0.1) is 11.3 Å². The third-order valence-corrected chi connectivity index (χ3v) is 4.62. The zero-order chi connectivity index (χ0) is 11.7. The van der Waals surface area contributed by atoms with Gasteiger partial charge in [0.05, 0.1) is 15.0 Å². The van der Waals surface area contributed by atoms with Crippen LogP contribution in [0.15, 0.2) is 20.4 Å². The molecule has 0 saturated heterocycles. The molecule has 84 valence electrons. The molecule has 0 atom stereocenters. The molecule has 0 amide bonds. The molecule has 0 fully saturated rings. The van der Waals surface area contributed by atoms with Gasteiger partial charge in [0.1, 0.15) is 5.82 Å². The minimum atomic E-state index is 0.492. The van der Waals surface area contributed by atoms with Crippen LogP contribution in [-0.4, -0.2) is 9.97 Å². The average Bonchev–Trinajstić information content (AvgIpc) is 2.69. The van der Waals surface area contributed by atoms with Crippen molar-refractivity contribution in [2.75, 3.05) is 5.73 Å². The first-order chi connectivity index (χ1) is 7.61. The topological polar surface area (TPSA) is 51.8 Å². The fourth-order valence-electron chi connectivity index (χ4n) is 1.29. The van der Waals surface area contributed by atoms with Crippen LogP contribution >= 0.6 is 43.2 Å². The van der Waals surface area contributed by atoms with Crippen molar-refractivity contribution < 1.29 is 0 Å². The molecule has 0 radical (unpaired) electrons.